The van der Waals surface area contributed by atoms with Crippen LogP contribution in [0.2, 0.25) is 0 Å². The fraction of sp³-hybridized carbons (Fsp3) is 0.185. The van der Waals surface area contributed by atoms with Crippen LogP contribution in [-0.2, 0) is 6.42 Å². The van der Waals surface area contributed by atoms with Crippen molar-refractivity contribution in [3.05, 3.63) is 109 Å². The SMILES string of the molecule is O=C(c1cncn1-c1ccccc1-c1ccccc1)N1CCNCC1Cc1ccccc1. The number of benzene rings is 3. The van der Waals surface area contributed by atoms with Crippen LogP contribution >= 0.6 is 0 Å². The van der Waals surface area contributed by atoms with Crippen molar-refractivity contribution in [3.8, 4) is 16.8 Å². The number of hydrogen-bond donors (Lipinski definition) is 1. The fourth-order valence-corrected chi connectivity index (χ4v) is 4.43. The molecule has 2 heterocycles. The first-order valence-corrected chi connectivity index (χ1v) is 11.0. The van der Waals surface area contributed by atoms with Crippen LogP contribution in [0.1, 0.15) is 16.1 Å². The number of imidazole rings is 1. The lowest BCUT2D eigenvalue weighted by Crippen LogP contribution is -2.54. The Morgan fingerprint density at radius 3 is 2.47 bits per heavy atom. The molecule has 0 bridgehead atoms. The van der Waals surface area contributed by atoms with E-state index in [9.17, 15) is 4.79 Å². The van der Waals surface area contributed by atoms with Crippen molar-refractivity contribution in [3.63, 3.8) is 0 Å². The zero-order valence-corrected chi connectivity index (χ0v) is 17.9. The highest BCUT2D eigenvalue weighted by Crippen LogP contribution is 2.28. The van der Waals surface area contributed by atoms with Crippen LogP contribution in [0.5, 0.6) is 0 Å². The normalized spacial score (nSPS) is 16.1. The maximum absolute atomic E-state index is 13.7. The third kappa shape index (κ3) is 4.07. The minimum atomic E-state index is 0.0211. The standard InChI is InChI=1S/C27H26N4O/c32-27(30-16-15-28-18-23(30)17-21-9-3-1-4-10-21)26-19-29-20-31(26)25-14-8-7-13-24(25)22-11-5-2-6-12-22/h1-14,19-20,23,28H,15-18H2. The highest BCUT2D eigenvalue weighted by Gasteiger charge is 2.29. The largest absolute Gasteiger partial charge is 0.331 e. The van der Waals surface area contributed by atoms with Gasteiger partial charge in [-0.2, -0.15) is 0 Å². The molecule has 1 fully saturated rings. The van der Waals surface area contributed by atoms with Gasteiger partial charge < -0.3 is 10.2 Å². The maximum Gasteiger partial charge on any atom is 0.272 e. The minimum Gasteiger partial charge on any atom is -0.331 e. The molecular weight excluding hydrogens is 396 g/mol. The van der Waals surface area contributed by atoms with Crippen LogP contribution < -0.4 is 5.32 Å². The summed E-state index contributed by atoms with van der Waals surface area (Å²) in [5.41, 5.74) is 4.96. The topological polar surface area (TPSA) is 50.2 Å². The summed E-state index contributed by atoms with van der Waals surface area (Å²) in [6.07, 6.45) is 4.25. The number of rotatable bonds is 5. The lowest BCUT2D eigenvalue weighted by Gasteiger charge is -2.36. The molecule has 3 aromatic carbocycles. The van der Waals surface area contributed by atoms with Crippen LogP contribution in [0.15, 0.2) is 97.5 Å². The average molecular weight is 423 g/mol. The molecule has 0 aliphatic carbocycles. The Labute approximate surface area is 188 Å². The molecule has 4 aromatic rings. The number of hydrogen-bond acceptors (Lipinski definition) is 3. The van der Waals surface area contributed by atoms with Crippen molar-refractivity contribution in [2.45, 2.75) is 12.5 Å². The molecule has 32 heavy (non-hydrogen) atoms. The second kappa shape index (κ2) is 9.20. The Bertz CT molecular complexity index is 1190. The van der Waals surface area contributed by atoms with Crippen molar-refractivity contribution in [2.24, 2.45) is 0 Å². The number of piperazine rings is 1. The Morgan fingerprint density at radius 1 is 0.938 bits per heavy atom. The van der Waals surface area contributed by atoms with Gasteiger partial charge in [0.1, 0.15) is 5.69 Å². The van der Waals surface area contributed by atoms with Crippen LogP contribution in [0.25, 0.3) is 16.8 Å². The van der Waals surface area contributed by atoms with Gasteiger partial charge in [0.05, 0.1) is 18.2 Å². The van der Waals surface area contributed by atoms with Gasteiger partial charge in [0.15, 0.2) is 0 Å². The summed E-state index contributed by atoms with van der Waals surface area (Å²) in [5.74, 6) is 0.0211. The molecule has 0 saturated carbocycles. The molecule has 5 rings (SSSR count). The van der Waals surface area contributed by atoms with Gasteiger partial charge in [0, 0.05) is 31.2 Å². The highest BCUT2D eigenvalue weighted by atomic mass is 16.2. The van der Waals surface area contributed by atoms with Gasteiger partial charge in [-0.05, 0) is 23.6 Å². The summed E-state index contributed by atoms with van der Waals surface area (Å²) in [6, 6.07) is 28.9. The lowest BCUT2D eigenvalue weighted by atomic mass is 10.0. The molecule has 1 amide bonds. The van der Waals surface area contributed by atoms with Crippen molar-refractivity contribution >= 4 is 5.91 Å². The molecule has 5 heteroatoms. The summed E-state index contributed by atoms with van der Waals surface area (Å²) in [6.45, 7) is 2.27. The number of aromatic nitrogens is 2. The summed E-state index contributed by atoms with van der Waals surface area (Å²) in [7, 11) is 0. The first-order valence-electron chi connectivity index (χ1n) is 11.0. The van der Waals surface area contributed by atoms with E-state index in [1.165, 1.54) is 5.56 Å². The van der Waals surface area contributed by atoms with Gasteiger partial charge in [-0.15, -0.1) is 0 Å². The number of nitrogens with one attached hydrogen (secondary N) is 1. The summed E-state index contributed by atoms with van der Waals surface area (Å²) < 4.78 is 1.92. The number of amides is 1. The zero-order chi connectivity index (χ0) is 21.8. The quantitative estimate of drug-likeness (QED) is 0.525. The summed E-state index contributed by atoms with van der Waals surface area (Å²) in [4.78, 5) is 20.1. The first-order chi connectivity index (χ1) is 15.8. The molecule has 1 saturated heterocycles. The van der Waals surface area contributed by atoms with E-state index in [4.69, 9.17) is 0 Å². The van der Waals surface area contributed by atoms with E-state index < -0.39 is 0 Å². The Hall–Kier alpha value is -3.70. The average Bonchev–Trinajstić information content (AvgIpc) is 3.35. The van der Waals surface area contributed by atoms with Crippen LogP contribution in [-0.4, -0.2) is 46.0 Å². The third-order valence-electron chi connectivity index (χ3n) is 6.03. The van der Waals surface area contributed by atoms with E-state index in [1.807, 2.05) is 64.1 Å². The van der Waals surface area contributed by atoms with Gasteiger partial charge in [-0.25, -0.2) is 4.98 Å². The molecule has 0 spiro atoms. The fourth-order valence-electron chi connectivity index (χ4n) is 4.43. The van der Waals surface area contributed by atoms with E-state index in [0.29, 0.717) is 12.2 Å². The molecular formula is C27H26N4O. The minimum absolute atomic E-state index is 0.0211. The van der Waals surface area contributed by atoms with E-state index >= 15 is 0 Å². The molecule has 160 valence electrons. The number of carbonyl (C=O) groups excluding carboxylic acids is 1. The number of nitrogens with zero attached hydrogens (tertiary/aromatic N) is 3. The van der Waals surface area contributed by atoms with Gasteiger partial charge in [0.25, 0.3) is 5.91 Å². The molecule has 5 nitrogen and oxygen atoms in total. The van der Waals surface area contributed by atoms with Crippen molar-refractivity contribution in [1.29, 1.82) is 0 Å². The Balaban J connectivity index is 1.48. The van der Waals surface area contributed by atoms with E-state index in [1.54, 1.807) is 12.5 Å². The Morgan fingerprint density at radius 2 is 1.66 bits per heavy atom. The predicted octanol–water partition coefficient (Wildman–Crippen LogP) is 4.20. The van der Waals surface area contributed by atoms with Crippen molar-refractivity contribution < 1.29 is 4.79 Å². The predicted molar refractivity (Wildman–Crippen MR) is 127 cm³/mol. The molecule has 1 aliphatic heterocycles. The molecule has 0 radical (unpaired) electrons. The summed E-state index contributed by atoms with van der Waals surface area (Å²) in [5, 5.41) is 3.45. The van der Waals surface area contributed by atoms with Gasteiger partial charge in [-0.1, -0.05) is 78.9 Å². The maximum atomic E-state index is 13.7. The first kappa shape index (κ1) is 20.2. The van der Waals surface area contributed by atoms with Crippen LogP contribution in [0, 0.1) is 0 Å². The molecule has 1 aromatic heterocycles. The Kier molecular flexibility index (Phi) is 5.81. The van der Waals surface area contributed by atoms with Crippen LogP contribution in [0.3, 0.4) is 0 Å². The zero-order valence-electron chi connectivity index (χ0n) is 17.9. The molecule has 1 aliphatic rings. The van der Waals surface area contributed by atoms with Gasteiger partial charge in [0.2, 0.25) is 0 Å². The second-order valence-corrected chi connectivity index (χ2v) is 8.08. The van der Waals surface area contributed by atoms with Gasteiger partial charge >= 0.3 is 0 Å². The van der Waals surface area contributed by atoms with Crippen molar-refractivity contribution in [1.82, 2.24) is 19.8 Å². The smallest absolute Gasteiger partial charge is 0.272 e. The highest BCUT2D eigenvalue weighted by molar-refractivity contribution is 5.94. The third-order valence-corrected chi connectivity index (χ3v) is 6.03. The molecule has 1 unspecified atom stereocenters. The van der Waals surface area contributed by atoms with Crippen molar-refractivity contribution in [2.75, 3.05) is 19.6 Å². The monoisotopic (exact) mass is 422 g/mol. The molecule has 1 atom stereocenters. The van der Waals surface area contributed by atoms with Gasteiger partial charge in [-0.3, -0.25) is 9.36 Å². The second-order valence-electron chi connectivity index (χ2n) is 8.08. The van der Waals surface area contributed by atoms with E-state index in [-0.39, 0.29) is 11.9 Å². The van der Waals surface area contributed by atoms with E-state index in [0.717, 1.165) is 36.3 Å². The van der Waals surface area contributed by atoms with E-state index in [2.05, 4.69) is 40.6 Å². The lowest BCUT2D eigenvalue weighted by molar-refractivity contribution is 0.0627. The van der Waals surface area contributed by atoms with Crippen LogP contribution in [0.4, 0.5) is 0 Å². The summed E-state index contributed by atoms with van der Waals surface area (Å²) >= 11 is 0. The number of carbonyl (C=O) groups is 1. The molecule has 1 N–H and O–H groups in total. The number of para-hydroxylation sites is 1.